The summed E-state index contributed by atoms with van der Waals surface area (Å²) in [5.41, 5.74) is 0.711. The summed E-state index contributed by atoms with van der Waals surface area (Å²) >= 11 is 0. The predicted octanol–water partition coefficient (Wildman–Crippen LogP) is 2.59. The Balaban J connectivity index is 1.51. The molecule has 2 atom stereocenters. The van der Waals surface area contributed by atoms with E-state index in [9.17, 15) is 14.4 Å². The van der Waals surface area contributed by atoms with Gasteiger partial charge in [-0.3, -0.25) is 14.4 Å². The van der Waals surface area contributed by atoms with Crippen molar-refractivity contribution in [3.8, 4) is 5.75 Å². The molecule has 0 aromatic heterocycles. The van der Waals surface area contributed by atoms with Gasteiger partial charge in [0.05, 0.1) is 5.69 Å². The van der Waals surface area contributed by atoms with E-state index < -0.39 is 6.10 Å². The molecule has 0 radical (unpaired) electrons. The van der Waals surface area contributed by atoms with Crippen molar-refractivity contribution in [3.05, 3.63) is 24.3 Å². The van der Waals surface area contributed by atoms with Gasteiger partial charge in [0.15, 0.2) is 6.10 Å². The van der Waals surface area contributed by atoms with E-state index in [2.05, 4.69) is 19.2 Å². The van der Waals surface area contributed by atoms with Crippen LogP contribution in [0.5, 0.6) is 5.75 Å². The lowest BCUT2D eigenvalue weighted by Crippen LogP contribution is -2.48. The standard InChI is InChI=1S/C23H33N3O4/c1-15(2)16(3)24-22(28)18-9-12-25(13-10-18)21(27)11-14-26-19-7-5-6-8-20(19)30-17(4)23(26)29/h5-8,15-18H,9-14H2,1-4H3,(H,24,28). The molecule has 7 heteroatoms. The van der Waals surface area contributed by atoms with E-state index in [4.69, 9.17) is 4.74 Å². The normalized spacial score (nSPS) is 20.6. The molecule has 0 spiro atoms. The molecule has 1 aromatic carbocycles. The number of nitrogens with one attached hydrogen (secondary N) is 1. The number of fused-ring (bicyclic) bond motifs is 1. The molecule has 30 heavy (non-hydrogen) atoms. The Morgan fingerprint density at radius 2 is 1.83 bits per heavy atom. The SMILES string of the molecule is CC1Oc2ccccc2N(CCC(=O)N2CCC(C(=O)NC(C)C(C)C)CC2)C1=O. The number of likely N-dealkylation sites (tertiary alicyclic amines) is 1. The summed E-state index contributed by atoms with van der Waals surface area (Å²) in [7, 11) is 0. The molecule has 1 fully saturated rings. The van der Waals surface area contributed by atoms with Gasteiger partial charge < -0.3 is 19.9 Å². The fraction of sp³-hybridized carbons (Fsp3) is 0.609. The highest BCUT2D eigenvalue weighted by molar-refractivity contribution is 6.00. The molecular formula is C23H33N3O4. The summed E-state index contributed by atoms with van der Waals surface area (Å²) in [4.78, 5) is 41.2. The minimum Gasteiger partial charge on any atom is -0.479 e. The maximum absolute atomic E-state index is 12.7. The number of hydrogen-bond acceptors (Lipinski definition) is 4. The van der Waals surface area contributed by atoms with Crippen LogP contribution in [0.4, 0.5) is 5.69 Å². The van der Waals surface area contributed by atoms with Crippen LogP contribution in [0.15, 0.2) is 24.3 Å². The van der Waals surface area contributed by atoms with Crippen molar-refractivity contribution in [2.45, 2.75) is 59.1 Å². The van der Waals surface area contributed by atoms with E-state index >= 15 is 0 Å². The van der Waals surface area contributed by atoms with Gasteiger partial charge in [0.25, 0.3) is 5.91 Å². The van der Waals surface area contributed by atoms with Crippen LogP contribution >= 0.6 is 0 Å². The summed E-state index contributed by atoms with van der Waals surface area (Å²) < 4.78 is 5.65. The van der Waals surface area contributed by atoms with Crippen LogP contribution in [0, 0.1) is 11.8 Å². The summed E-state index contributed by atoms with van der Waals surface area (Å²) in [6, 6.07) is 7.55. The molecule has 164 valence electrons. The average Bonchev–Trinajstić information content (AvgIpc) is 2.73. The van der Waals surface area contributed by atoms with Gasteiger partial charge in [-0.05, 0) is 44.7 Å². The van der Waals surface area contributed by atoms with Gasteiger partial charge in [0, 0.05) is 38.0 Å². The Morgan fingerprint density at radius 3 is 2.50 bits per heavy atom. The second-order valence-electron chi connectivity index (χ2n) is 8.66. The quantitative estimate of drug-likeness (QED) is 0.775. The maximum atomic E-state index is 12.7. The molecule has 2 heterocycles. The lowest BCUT2D eigenvalue weighted by molar-refractivity contribution is -0.136. The number of nitrogens with zero attached hydrogens (tertiary/aromatic N) is 2. The first-order valence-corrected chi connectivity index (χ1v) is 10.9. The lowest BCUT2D eigenvalue weighted by Gasteiger charge is -2.35. The van der Waals surface area contributed by atoms with Gasteiger partial charge in [-0.1, -0.05) is 26.0 Å². The first-order valence-electron chi connectivity index (χ1n) is 10.9. The summed E-state index contributed by atoms with van der Waals surface area (Å²) in [6.45, 7) is 9.41. The second kappa shape index (κ2) is 9.49. The largest absolute Gasteiger partial charge is 0.479 e. The fourth-order valence-electron chi connectivity index (χ4n) is 3.86. The molecule has 1 saturated heterocycles. The molecular weight excluding hydrogens is 382 g/mol. The Labute approximate surface area is 178 Å². The minimum atomic E-state index is -0.558. The number of para-hydroxylation sites is 2. The number of anilines is 1. The zero-order valence-electron chi connectivity index (χ0n) is 18.4. The van der Waals surface area contributed by atoms with Crippen LogP contribution in [-0.2, 0) is 14.4 Å². The lowest BCUT2D eigenvalue weighted by atomic mass is 9.94. The summed E-state index contributed by atoms with van der Waals surface area (Å²) in [5.74, 6) is 1.01. The first-order chi connectivity index (χ1) is 14.3. The highest BCUT2D eigenvalue weighted by atomic mass is 16.5. The molecule has 0 saturated carbocycles. The molecule has 3 amide bonds. The van der Waals surface area contributed by atoms with E-state index in [0.29, 0.717) is 49.8 Å². The Kier molecular flexibility index (Phi) is 7.00. The molecule has 0 aliphatic carbocycles. The van der Waals surface area contributed by atoms with Gasteiger partial charge in [-0.2, -0.15) is 0 Å². The number of carbonyl (C=O) groups is 3. The van der Waals surface area contributed by atoms with Gasteiger partial charge in [-0.15, -0.1) is 0 Å². The highest BCUT2D eigenvalue weighted by Crippen LogP contribution is 2.33. The van der Waals surface area contributed by atoms with Crippen LogP contribution in [0.2, 0.25) is 0 Å². The van der Waals surface area contributed by atoms with Crippen molar-refractivity contribution in [1.29, 1.82) is 0 Å². The fourth-order valence-corrected chi connectivity index (χ4v) is 3.86. The van der Waals surface area contributed by atoms with E-state index in [1.165, 1.54) is 0 Å². The van der Waals surface area contributed by atoms with Crippen molar-refractivity contribution in [3.63, 3.8) is 0 Å². The monoisotopic (exact) mass is 415 g/mol. The minimum absolute atomic E-state index is 0.0221. The number of rotatable bonds is 6. The van der Waals surface area contributed by atoms with Crippen LogP contribution in [0.1, 0.15) is 47.0 Å². The van der Waals surface area contributed by atoms with Gasteiger partial charge in [0.2, 0.25) is 11.8 Å². The van der Waals surface area contributed by atoms with E-state index in [-0.39, 0.29) is 36.1 Å². The highest BCUT2D eigenvalue weighted by Gasteiger charge is 2.33. The van der Waals surface area contributed by atoms with Crippen LogP contribution in [0.3, 0.4) is 0 Å². The number of piperidine rings is 1. The third kappa shape index (κ3) is 4.94. The van der Waals surface area contributed by atoms with Crippen LogP contribution in [0.25, 0.3) is 0 Å². The summed E-state index contributed by atoms with van der Waals surface area (Å²) in [5, 5.41) is 3.08. The summed E-state index contributed by atoms with van der Waals surface area (Å²) in [6.07, 6.45) is 1.06. The third-order valence-electron chi connectivity index (χ3n) is 6.21. The zero-order valence-corrected chi connectivity index (χ0v) is 18.4. The number of hydrogen-bond donors (Lipinski definition) is 1. The molecule has 3 rings (SSSR count). The van der Waals surface area contributed by atoms with Crippen molar-refractivity contribution in [2.24, 2.45) is 11.8 Å². The van der Waals surface area contributed by atoms with Crippen LogP contribution < -0.4 is 15.0 Å². The van der Waals surface area contributed by atoms with E-state index in [1.54, 1.807) is 11.8 Å². The van der Waals surface area contributed by atoms with Gasteiger partial charge >= 0.3 is 0 Å². The number of benzene rings is 1. The topological polar surface area (TPSA) is 79.0 Å². The number of ether oxygens (including phenoxy) is 1. The third-order valence-corrected chi connectivity index (χ3v) is 6.21. The molecule has 2 unspecified atom stereocenters. The van der Waals surface area contributed by atoms with E-state index in [1.807, 2.05) is 36.1 Å². The molecule has 0 bridgehead atoms. The van der Waals surface area contributed by atoms with Crippen molar-refractivity contribution in [1.82, 2.24) is 10.2 Å². The number of amides is 3. The Hall–Kier alpha value is -2.57. The molecule has 1 aromatic rings. The second-order valence-corrected chi connectivity index (χ2v) is 8.66. The van der Waals surface area contributed by atoms with Crippen molar-refractivity contribution >= 4 is 23.4 Å². The molecule has 7 nitrogen and oxygen atoms in total. The average molecular weight is 416 g/mol. The molecule has 2 aliphatic rings. The maximum Gasteiger partial charge on any atom is 0.267 e. The first kappa shape index (κ1) is 22.1. The smallest absolute Gasteiger partial charge is 0.267 e. The zero-order chi connectivity index (χ0) is 21.8. The number of carbonyl (C=O) groups excluding carboxylic acids is 3. The molecule has 2 aliphatic heterocycles. The van der Waals surface area contributed by atoms with Crippen molar-refractivity contribution < 1.29 is 19.1 Å². The Morgan fingerprint density at radius 1 is 1.17 bits per heavy atom. The Bertz CT molecular complexity index is 786. The molecule has 1 N–H and O–H groups in total. The van der Waals surface area contributed by atoms with Gasteiger partial charge in [0.1, 0.15) is 5.75 Å². The predicted molar refractivity (Wildman–Crippen MR) is 115 cm³/mol. The van der Waals surface area contributed by atoms with Crippen LogP contribution in [-0.4, -0.2) is 54.4 Å². The van der Waals surface area contributed by atoms with Crippen molar-refractivity contribution in [2.75, 3.05) is 24.5 Å². The van der Waals surface area contributed by atoms with E-state index in [0.717, 1.165) is 0 Å². The van der Waals surface area contributed by atoms with Gasteiger partial charge in [-0.25, -0.2) is 0 Å².